The molecule has 0 amide bonds. The lowest BCUT2D eigenvalue weighted by Gasteiger charge is -2.10. The first kappa shape index (κ1) is 16.5. The minimum atomic E-state index is -1.32. The largest absolute Gasteiger partial charge is 0.487 e. The third-order valence-corrected chi connectivity index (χ3v) is 3.37. The molecule has 0 saturated carbocycles. The van der Waals surface area contributed by atoms with E-state index in [1.807, 2.05) is 0 Å². The van der Waals surface area contributed by atoms with E-state index in [1.54, 1.807) is 0 Å². The Morgan fingerprint density at radius 1 is 1.09 bits per heavy atom. The van der Waals surface area contributed by atoms with Crippen LogP contribution < -0.4 is 4.74 Å². The van der Waals surface area contributed by atoms with Gasteiger partial charge in [-0.25, -0.2) is 18.0 Å². The summed E-state index contributed by atoms with van der Waals surface area (Å²) in [5, 5.41) is 7.53. The number of aromatic carboxylic acids is 1. The SMILES string of the molecule is O=C(O)c1cc(F)cc(COc2cc(F)c(Cl)c(F)c2Cl)c1. The van der Waals surface area contributed by atoms with Gasteiger partial charge in [0.2, 0.25) is 0 Å². The fraction of sp³-hybridized carbons (Fsp3) is 0.0714. The molecule has 1 N–H and O–H groups in total. The van der Waals surface area contributed by atoms with E-state index in [0.29, 0.717) is 0 Å². The Balaban J connectivity index is 2.26. The van der Waals surface area contributed by atoms with Gasteiger partial charge in [0.25, 0.3) is 0 Å². The van der Waals surface area contributed by atoms with E-state index in [4.69, 9.17) is 33.0 Å². The monoisotopic (exact) mass is 350 g/mol. The highest BCUT2D eigenvalue weighted by Crippen LogP contribution is 2.34. The van der Waals surface area contributed by atoms with Gasteiger partial charge in [0.1, 0.15) is 34.0 Å². The van der Waals surface area contributed by atoms with Crippen LogP contribution in [0.5, 0.6) is 5.75 Å². The summed E-state index contributed by atoms with van der Waals surface area (Å²) >= 11 is 11.0. The van der Waals surface area contributed by atoms with Crippen molar-refractivity contribution in [2.24, 2.45) is 0 Å². The van der Waals surface area contributed by atoms with Gasteiger partial charge in [-0.3, -0.25) is 0 Å². The fourth-order valence-corrected chi connectivity index (χ4v) is 2.08. The van der Waals surface area contributed by atoms with Gasteiger partial charge in [-0.2, -0.15) is 0 Å². The minimum Gasteiger partial charge on any atom is -0.487 e. The van der Waals surface area contributed by atoms with E-state index in [0.717, 1.165) is 18.2 Å². The van der Waals surface area contributed by atoms with E-state index >= 15 is 0 Å². The van der Waals surface area contributed by atoms with Crippen LogP contribution in [0, 0.1) is 17.5 Å². The van der Waals surface area contributed by atoms with Crippen LogP contribution in [0.15, 0.2) is 24.3 Å². The van der Waals surface area contributed by atoms with Crippen molar-refractivity contribution in [1.29, 1.82) is 0 Å². The van der Waals surface area contributed by atoms with Gasteiger partial charge in [-0.15, -0.1) is 0 Å². The average molecular weight is 351 g/mol. The number of carboxylic acid groups (broad SMARTS) is 1. The molecule has 116 valence electrons. The molecular weight excluding hydrogens is 344 g/mol. The zero-order valence-corrected chi connectivity index (χ0v) is 12.2. The van der Waals surface area contributed by atoms with Crippen molar-refractivity contribution in [3.63, 3.8) is 0 Å². The molecule has 0 aliphatic heterocycles. The van der Waals surface area contributed by atoms with Gasteiger partial charge in [0.05, 0.1) is 5.56 Å². The highest BCUT2D eigenvalue weighted by atomic mass is 35.5. The molecule has 8 heteroatoms. The molecule has 2 aromatic rings. The molecule has 0 bridgehead atoms. The molecule has 0 aliphatic carbocycles. The van der Waals surface area contributed by atoms with Gasteiger partial charge in [-0.05, 0) is 23.8 Å². The van der Waals surface area contributed by atoms with E-state index in [2.05, 4.69) is 0 Å². The number of halogens is 5. The number of carbonyl (C=O) groups is 1. The van der Waals surface area contributed by atoms with Crippen LogP contribution >= 0.6 is 23.2 Å². The molecule has 0 aromatic heterocycles. The molecule has 0 saturated heterocycles. The van der Waals surface area contributed by atoms with Crippen LogP contribution in [0.4, 0.5) is 13.2 Å². The lowest BCUT2D eigenvalue weighted by atomic mass is 10.1. The Morgan fingerprint density at radius 2 is 1.77 bits per heavy atom. The molecule has 0 aliphatic rings. The number of carboxylic acids is 1. The van der Waals surface area contributed by atoms with Crippen molar-refractivity contribution in [2.45, 2.75) is 6.61 Å². The molecule has 0 radical (unpaired) electrons. The second-order valence-corrected chi connectivity index (χ2v) is 5.00. The maximum absolute atomic E-state index is 13.5. The standard InChI is InChI=1S/C14H7Cl2F3O3/c15-11-9(18)4-10(12(16)13(11)19)22-5-6-1-7(14(20)21)3-8(17)2-6/h1-4H,5H2,(H,20,21). The van der Waals surface area contributed by atoms with Crippen molar-refractivity contribution >= 4 is 29.2 Å². The van der Waals surface area contributed by atoms with Crippen LogP contribution in [-0.2, 0) is 6.61 Å². The van der Waals surface area contributed by atoms with E-state index in [1.165, 1.54) is 6.07 Å². The molecule has 0 spiro atoms. The lowest BCUT2D eigenvalue weighted by Crippen LogP contribution is -2.03. The summed E-state index contributed by atoms with van der Waals surface area (Å²) in [6.45, 7) is -0.335. The van der Waals surface area contributed by atoms with Crippen LogP contribution in [0.25, 0.3) is 0 Å². The Kier molecular flexibility index (Phi) is 4.83. The van der Waals surface area contributed by atoms with E-state index in [-0.39, 0.29) is 23.5 Å². The van der Waals surface area contributed by atoms with Gasteiger partial charge in [0.15, 0.2) is 5.82 Å². The molecule has 0 fully saturated rings. The van der Waals surface area contributed by atoms with Crippen LogP contribution in [0.2, 0.25) is 10.0 Å². The molecular formula is C14H7Cl2F3O3. The third kappa shape index (κ3) is 3.45. The predicted octanol–water partition coefficient (Wildman–Crippen LogP) is 4.69. The summed E-state index contributed by atoms with van der Waals surface area (Å²) < 4.78 is 45.2. The van der Waals surface area contributed by atoms with Crippen molar-refractivity contribution in [3.8, 4) is 5.75 Å². The number of rotatable bonds is 4. The summed E-state index contributed by atoms with van der Waals surface area (Å²) in [5.74, 6) is -4.67. The first-order chi connectivity index (χ1) is 10.3. The highest BCUT2D eigenvalue weighted by molar-refractivity contribution is 6.35. The zero-order valence-electron chi connectivity index (χ0n) is 10.7. The summed E-state index contributed by atoms with van der Waals surface area (Å²) in [6, 6.07) is 3.82. The summed E-state index contributed by atoms with van der Waals surface area (Å²) in [7, 11) is 0. The van der Waals surface area contributed by atoms with Crippen molar-refractivity contribution < 1.29 is 27.8 Å². The first-order valence-electron chi connectivity index (χ1n) is 5.78. The topological polar surface area (TPSA) is 46.5 Å². The molecule has 0 heterocycles. The summed E-state index contributed by atoms with van der Waals surface area (Å²) in [6.07, 6.45) is 0. The first-order valence-corrected chi connectivity index (χ1v) is 6.53. The van der Waals surface area contributed by atoms with Gasteiger partial charge in [0, 0.05) is 6.07 Å². The smallest absolute Gasteiger partial charge is 0.335 e. The van der Waals surface area contributed by atoms with Crippen LogP contribution in [-0.4, -0.2) is 11.1 Å². The Morgan fingerprint density at radius 3 is 2.41 bits per heavy atom. The van der Waals surface area contributed by atoms with E-state index in [9.17, 15) is 18.0 Å². The van der Waals surface area contributed by atoms with Gasteiger partial charge < -0.3 is 9.84 Å². The van der Waals surface area contributed by atoms with Crippen LogP contribution in [0.1, 0.15) is 15.9 Å². The van der Waals surface area contributed by atoms with Gasteiger partial charge in [-0.1, -0.05) is 23.2 Å². The molecule has 2 aromatic carbocycles. The summed E-state index contributed by atoms with van der Waals surface area (Å²) in [4.78, 5) is 10.8. The van der Waals surface area contributed by atoms with Crippen molar-refractivity contribution in [3.05, 3.63) is 62.9 Å². The second-order valence-electron chi connectivity index (χ2n) is 4.24. The number of hydrogen-bond acceptors (Lipinski definition) is 2. The number of hydrogen-bond donors (Lipinski definition) is 1. The Labute approximate surface area is 132 Å². The minimum absolute atomic E-state index is 0.157. The second kappa shape index (κ2) is 6.46. The molecule has 0 atom stereocenters. The van der Waals surface area contributed by atoms with Gasteiger partial charge >= 0.3 is 5.97 Å². The van der Waals surface area contributed by atoms with Crippen molar-refractivity contribution in [1.82, 2.24) is 0 Å². The zero-order chi connectivity index (χ0) is 16.4. The number of benzene rings is 2. The lowest BCUT2D eigenvalue weighted by molar-refractivity contribution is 0.0696. The normalized spacial score (nSPS) is 10.6. The van der Waals surface area contributed by atoms with Crippen LogP contribution in [0.3, 0.4) is 0 Å². The highest BCUT2D eigenvalue weighted by Gasteiger charge is 2.17. The molecule has 22 heavy (non-hydrogen) atoms. The Bertz CT molecular complexity index is 751. The van der Waals surface area contributed by atoms with Crippen molar-refractivity contribution in [2.75, 3.05) is 0 Å². The summed E-state index contributed by atoms with van der Waals surface area (Å²) in [5.41, 5.74) is -0.123. The quantitative estimate of drug-likeness (QED) is 0.642. The Hall–Kier alpha value is -1.92. The molecule has 3 nitrogen and oxygen atoms in total. The third-order valence-electron chi connectivity index (χ3n) is 2.67. The maximum Gasteiger partial charge on any atom is 0.335 e. The number of ether oxygens (including phenoxy) is 1. The molecule has 2 rings (SSSR count). The average Bonchev–Trinajstić information content (AvgIpc) is 2.47. The molecule has 0 unspecified atom stereocenters. The predicted molar refractivity (Wildman–Crippen MR) is 74.1 cm³/mol. The fourth-order valence-electron chi connectivity index (χ4n) is 1.67. The van der Waals surface area contributed by atoms with E-state index < -0.39 is 33.5 Å². The maximum atomic E-state index is 13.5.